The van der Waals surface area contributed by atoms with Gasteiger partial charge in [-0.05, 0) is 38.5 Å². The number of aryl methyl sites for hydroxylation is 3. The van der Waals surface area contributed by atoms with E-state index in [1.807, 2.05) is 0 Å². The molecule has 4 nitrogen and oxygen atoms in total. The summed E-state index contributed by atoms with van der Waals surface area (Å²) in [6, 6.07) is 4.60. The van der Waals surface area contributed by atoms with Crippen LogP contribution in [0.2, 0.25) is 0 Å². The predicted octanol–water partition coefficient (Wildman–Crippen LogP) is 2.92. The van der Waals surface area contributed by atoms with E-state index in [0.717, 1.165) is 5.56 Å². The maximum absolute atomic E-state index is 13.4. The topological polar surface area (TPSA) is 55.1 Å². The second-order valence-electron chi connectivity index (χ2n) is 4.49. The van der Waals surface area contributed by atoms with E-state index in [4.69, 9.17) is 4.52 Å². The van der Waals surface area contributed by atoms with Crippen LogP contribution in [0.4, 0.5) is 10.1 Å². The number of aromatic nitrogens is 1. The van der Waals surface area contributed by atoms with Crippen molar-refractivity contribution in [1.82, 2.24) is 5.16 Å². The summed E-state index contributed by atoms with van der Waals surface area (Å²) in [6.45, 7) is 5.21. The van der Waals surface area contributed by atoms with Gasteiger partial charge in [0.2, 0.25) is 5.91 Å². The quantitative estimate of drug-likeness (QED) is 0.925. The third-order valence-electron chi connectivity index (χ3n) is 2.97. The molecule has 0 aliphatic carbocycles. The molecule has 0 saturated carbocycles. The van der Waals surface area contributed by atoms with Crippen LogP contribution in [-0.2, 0) is 11.2 Å². The minimum absolute atomic E-state index is 0.163. The SMILES string of the molecule is Cc1ccc(NC(=O)Cc2c(C)noc2C)cc1F. The minimum atomic E-state index is -0.338. The van der Waals surface area contributed by atoms with E-state index in [1.54, 1.807) is 32.9 Å². The van der Waals surface area contributed by atoms with Crippen LogP contribution in [0.1, 0.15) is 22.6 Å². The Hall–Kier alpha value is -2.17. The van der Waals surface area contributed by atoms with Crippen molar-refractivity contribution in [3.05, 3.63) is 46.6 Å². The Morgan fingerprint density at radius 3 is 2.68 bits per heavy atom. The fourth-order valence-electron chi connectivity index (χ4n) is 1.79. The number of carbonyl (C=O) groups is 1. The van der Waals surface area contributed by atoms with Gasteiger partial charge >= 0.3 is 0 Å². The van der Waals surface area contributed by atoms with Crippen LogP contribution in [0, 0.1) is 26.6 Å². The third kappa shape index (κ3) is 2.99. The Morgan fingerprint density at radius 2 is 2.11 bits per heavy atom. The zero-order valence-corrected chi connectivity index (χ0v) is 11.1. The Balaban J connectivity index is 2.07. The van der Waals surface area contributed by atoms with Crippen molar-refractivity contribution < 1.29 is 13.7 Å². The molecule has 1 N–H and O–H groups in total. The highest BCUT2D eigenvalue weighted by Gasteiger charge is 2.13. The minimum Gasteiger partial charge on any atom is -0.361 e. The molecule has 19 heavy (non-hydrogen) atoms. The summed E-state index contributed by atoms with van der Waals surface area (Å²) in [7, 11) is 0. The average molecular weight is 262 g/mol. The number of amides is 1. The number of rotatable bonds is 3. The van der Waals surface area contributed by atoms with Crippen molar-refractivity contribution in [3.63, 3.8) is 0 Å². The first-order valence-electron chi connectivity index (χ1n) is 5.95. The summed E-state index contributed by atoms with van der Waals surface area (Å²) in [4.78, 5) is 11.9. The summed E-state index contributed by atoms with van der Waals surface area (Å²) >= 11 is 0. The van der Waals surface area contributed by atoms with E-state index in [-0.39, 0.29) is 18.1 Å². The first-order chi connectivity index (χ1) is 8.97. The molecule has 1 amide bonds. The second kappa shape index (κ2) is 5.22. The Bertz CT molecular complexity index is 600. The Kier molecular flexibility index (Phi) is 3.64. The fraction of sp³-hybridized carbons (Fsp3) is 0.286. The number of nitrogens with zero attached hydrogens (tertiary/aromatic N) is 1. The van der Waals surface area contributed by atoms with Gasteiger partial charge < -0.3 is 9.84 Å². The van der Waals surface area contributed by atoms with Gasteiger partial charge in [-0.15, -0.1) is 0 Å². The maximum atomic E-state index is 13.4. The van der Waals surface area contributed by atoms with Crippen LogP contribution < -0.4 is 5.32 Å². The van der Waals surface area contributed by atoms with Crippen molar-refractivity contribution >= 4 is 11.6 Å². The van der Waals surface area contributed by atoms with E-state index < -0.39 is 0 Å². The Labute approximate surface area is 110 Å². The van der Waals surface area contributed by atoms with E-state index in [9.17, 15) is 9.18 Å². The van der Waals surface area contributed by atoms with E-state index in [2.05, 4.69) is 10.5 Å². The smallest absolute Gasteiger partial charge is 0.229 e. The van der Waals surface area contributed by atoms with Crippen molar-refractivity contribution in [3.8, 4) is 0 Å². The van der Waals surface area contributed by atoms with Gasteiger partial charge in [0.25, 0.3) is 0 Å². The van der Waals surface area contributed by atoms with Gasteiger partial charge in [-0.25, -0.2) is 4.39 Å². The fourth-order valence-corrected chi connectivity index (χ4v) is 1.79. The molecular formula is C14H15FN2O2. The molecule has 0 fully saturated rings. The highest BCUT2D eigenvalue weighted by molar-refractivity contribution is 5.92. The van der Waals surface area contributed by atoms with Crippen LogP contribution in [-0.4, -0.2) is 11.1 Å². The molecule has 100 valence electrons. The van der Waals surface area contributed by atoms with Gasteiger partial charge in [0.05, 0.1) is 12.1 Å². The molecule has 0 spiro atoms. The zero-order valence-electron chi connectivity index (χ0n) is 11.1. The molecule has 1 aromatic carbocycles. The number of hydrogen-bond acceptors (Lipinski definition) is 3. The van der Waals surface area contributed by atoms with Crippen molar-refractivity contribution in [1.29, 1.82) is 0 Å². The van der Waals surface area contributed by atoms with E-state index in [1.165, 1.54) is 6.07 Å². The number of benzene rings is 1. The van der Waals surface area contributed by atoms with Gasteiger partial charge in [-0.1, -0.05) is 11.2 Å². The first kappa shape index (κ1) is 13.3. The molecule has 0 bridgehead atoms. The second-order valence-corrected chi connectivity index (χ2v) is 4.49. The molecule has 0 radical (unpaired) electrons. The van der Waals surface area contributed by atoms with E-state index in [0.29, 0.717) is 22.7 Å². The monoisotopic (exact) mass is 262 g/mol. The van der Waals surface area contributed by atoms with Gasteiger partial charge in [-0.2, -0.15) is 0 Å². The van der Waals surface area contributed by atoms with Gasteiger partial charge in [0, 0.05) is 11.3 Å². The van der Waals surface area contributed by atoms with Crippen molar-refractivity contribution in [2.24, 2.45) is 0 Å². The number of nitrogens with one attached hydrogen (secondary N) is 1. The zero-order chi connectivity index (χ0) is 14.0. The Morgan fingerprint density at radius 1 is 1.37 bits per heavy atom. The molecule has 0 unspecified atom stereocenters. The highest BCUT2D eigenvalue weighted by atomic mass is 19.1. The van der Waals surface area contributed by atoms with Gasteiger partial charge in [0.15, 0.2) is 0 Å². The largest absolute Gasteiger partial charge is 0.361 e. The van der Waals surface area contributed by atoms with E-state index >= 15 is 0 Å². The molecular weight excluding hydrogens is 247 g/mol. The first-order valence-corrected chi connectivity index (χ1v) is 5.95. The molecule has 1 aromatic heterocycles. The lowest BCUT2D eigenvalue weighted by molar-refractivity contribution is -0.115. The normalized spacial score (nSPS) is 10.5. The number of carbonyl (C=O) groups excluding carboxylic acids is 1. The summed E-state index contributed by atoms with van der Waals surface area (Å²) in [5.74, 6) is 0.0653. The molecule has 0 aliphatic heterocycles. The molecule has 2 aromatic rings. The number of hydrogen-bond donors (Lipinski definition) is 1. The standard InChI is InChI=1S/C14H15FN2O2/c1-8-4-5-11(6-13(8)15)16-14(18)7-12-9(2)17-19-10(12)3/h4-6H,7H2,1-3H3,(H,16,18). The van der Waals surface area contributed by atoms with Crippen molar-refractivity contribution in [2.45, 2.75) is 27.2 Å². The van der Waals surface area contributed by atoms with Crippen LogP contribution in [0.3, 0.4) is 0 Å². The predicted molar refractivity (Wildman–Crippen MR) is 69.4 cm³/mol. The molecule has 0 atom stereocenters. The van der Waals surface area contributed by atoms with Gasteiger partial charge in [0.1, 0.15) is 11.6 Å². The lowest BCUT2D eigenvalue weighted by Gasteiger charge is -2.06. The van der Waals surface area contributed by atoms with Crippen LogP contribution in [0.15, 0.2) is 22.7 Å². The van der Waals surface area contributed by atoms with Gasteiger partial charge in [-0.3, -0.25) is 4.79 Å². The number of anilines is 1. The van der Waals surface area contributed by atoms with Crippen molar-refractivity contribution in [2.75, 3.05) is 5.32 Å². The molecule has 1 heterocycles. The molecule has 2 rings (SSSR count). The van der Waals surface area contributed by atoms with Crippen LogP contribution in [0.5, 0.6) is 0 Å². The average Bonchev–Trinajstić information content (AvgIpc) is 2.66. The summed E-state index contributed by atoms with van der Waals surface area (Å²) in [6.07, 6.45) is 0.163. The summed E-state index contributed by atoms with van der Waals surface area (Å²) < 4.78 is 18.4. The summed E-state index contributed by atoms with van der Waals surface area (Å²) in [5, 5.41) is 6.44. The maximum Gasteiger partial charge on any atom is 0.229 e. The lowest BCUT2D eigenvalue weighted by atomic mass is 10.1. The number of halogens is 1. The summed E-state index contributed by atoms with van der Waals surface area (Å²) in [5.41, 5.74) is 2.46. The molecule has 0 saturated heterocycles. The third-order valence-corrected chi connectivity index (χ3v) is 2.97. The highest BCUT2D eigenvalue weighted by Crippen LogP contribution is 2.16. The van der Waals surface area contributed by atoms with Crippen LogP contribution >= 0.6 is 0 Å². The lowest BCUT2D eigenvalue weighted by Crippen LogP contribution is -2.15. The molecule has 0 aliphatic rings. The molecule has 5 heteroatoms. The van der Waals surface area contributed by atoms with Crippen LogP contribution in [0.25, 0.3) is 0 Å².